The third-order valence-electron chi connectivity index (χ3n) is 3.81. The highest BCUT2D eigenvalue weighted by Gasteiger charge is 2.26. The van der Waals surface area contributed by atoms with Crippen LogP contribution in [0.15, 0.2) is 23.8 Å². The Kier molecular flexibility index (Phi) is 5.28. The van der Waals surface area contributed by atoms with Gasteiger partial charge in [0.25, 0.3) is 0 Å². The van der Waals surface area contributed by atoms with E-state index in [-0.39, 0.29) is 11.9 Å². The third kappa shape index (κ3) is 4.58. The van der Waals surface area contributed by atoms with Gasteiger partial charge in [-0.15, -0.1) is 0 Å². The molecule has 0 aliphatic carbocycles. The number of benzene rings is 1. The molecule has 0 unspecified atom stereocenters. The van der Waals surface area contributed by atoms with Crippen molar-refractivity contribution in [1.29, 1.82) is 5.26 Å². The summed E-state index contributed by atoms with van der Waals surface area (Å²) in [6.45, 7) is 8.31. The van der Waals surface area contributed by atoms with Gasteiger partial charge in [-0.05, 0) is 69.4 Å². The molecule has 0 N–H and O–H groups in total. The van der Waals surface area contributed by atoms with Crippen molar-refractivity contribution in [3.05, 3.63) is 40.7 Å². The van der Waals surface area contributed by atoms with E-state index >= 15 is 0 Å². The number of piperidine rings is 1. The van der Waals surface area contributed by atoms with Gasteiger partial charge in [0.2, 0.25) is 0 Å². The molecule has 0 bridgehead atoms. The molecule has 1 amide bonds. The molecule has 1 saturated heterocycles. The van der Waals surface area contributed by atoms with E-state index in [2.05, 4.69) is 6.07 Å². The highest BCUT2D eigenvalue weighted by molar-refractivity contribution is 5.80. The molecule has 1 aliphatic rings. The summed E-state index contributed by atoms with van der Waals surface area (Å²) < 4.78 is 19.0. The summed E-state index contributed by atoms with van der Waals surface area (Å²) in [6.07, 6.45) is 0.858. The van der Waals surface area contributed by atoms with Gasteiger partial charge < -0.3 is 9.64 Å². The first-order valence-corrected chi connectivity index (χ1v) is 8.07. The van der Waals surface area contributed by atoms with Gasteiger partial charge in [-0.25, -0.2) is 9.18 Å². The lowest BCUT2D eigenvalue weighted by Gasteiger charge is -2.31. The fourth-order valence-electron chi connectivity index (χ4n) is 2.76. The minimum Gasteiger partial charge on any atom is -0.444 e. The second-order valence-electron chi connectivity index (χ2n) is 7.08. The van der Waals surface area contributed by atoms with Crippen LogP contribution in [0.2, 0.25) is 0 Å². The van der Waals surface area contributed by atoms with Crippen molar-refractivity contribution >= 4 is 11.7 Å². The Balaban J connectivity index is 2.15. The van der Waals surface area contributed by atoms with Gasteiger partial charge in [-0.2, -0.15) is 5.26 Å². The number of carbonyl (C=O) groups is 1. The van der Waals surface area contributed by atoms with E-state index in [0.717, 1.165) is 11.1 Å². The number of nitriles is 1. The van der Waals surface area contributed by atoms with Crippen molar-refractivity contribution in [2.45, 2.75) is 46.1 Å². The van der Waals surface area contributed by atoms with E-state index in [1.54, 1.807) is 11.8 Å². The van der Waals surface area contributed by atoms with E-state index in [9.17, 15) is 14.4 Å². The van der Waals surface area contributed by atoms with Crippen molar-refractivity contribution in [2.24, 2.45) is 0 Å². The molecular weight excluding hydrogens is 307 g/mol. The summed E-state index contributed by atoms with van der Waals surface area (Å²) in [5, 5.41) is 9.51. The Hall–Kier alpha value is -2.35. The molecule has 2 rings (SSSR count). The lowest BCUT2D eigenvalue weighted by atomic mass is 9.93. The Labute approximate surface area is 142 Å². The van der Waals surface area contributed by atoms with Crippen molar-refractivity contribution < 1.29 is 13.9 Å². The lowest BCUT2D eigenvalue weighted by molar-refractivity contribution is 0.0236. The van der Waals surface area contributed by atoms with Crippen molar-refractivity contribution in [1.82, 2.24) is 4.90 Å². The lowest BCUT2D eigenvalue weighted by Crippen LogP contribution is -2.40. The normalized spacial score (nSPS) is 15.0. The zero-order valence-corrected chi connectivity index (χ0v) is 14.6. The monoisotopic (exact) mass is 330 g/mol. The smallest absolute Gasteiger partial charge is 0.410 e. The zero-order valence-electron chi connectivity index (χ0n) is 14.6. The van der Waals surface area contributed by atoms with Crippen molar-refractivity contribution in [2.75, 3.05) is 13.1 Å². The summed E-state index contributed by atoms with van der Waals surface area (Å²) >= 11 is 0. The number of likely N-dealkylation sites (tertiary alicyclic amines) is 1. The average molecular weight is 330 g/mol. The fraction of sp³-hybridized carbons (Fsp3) is 0.474. The molecule has 0 atom stereocenters. The van der Waals surface area contributed by atoms with Gasteiger partial charge in [0.15, 0.2) is 0 Å². The summed E-state index contributed by atoms with van der Waals surface area (Å²) in [7, 11) is 0. The molecule has 24 heavy (non-hydrogen) atoms. The first-order valence-electron chi connectivity index (χ1n) is 8.07. The number of carbonyl (C=O) groups excluding carboxylic acids is 1. The highest BCUT2D eigenvalue weighted by atomic mass is 19.1. The molecule has 5 heteroatoms. The SMILES string of the molecule is Cc1cc(F)cc(C(C#N)=C2CCN(C(=O)OC(C)(C)C)CC2)c1. The summed E-state index contributed by atoms with van der Waals surface area (Å²) in [6, 6.07) is 6.84. The second kappa shape index (κ2) is 7.04. The molecule has 0 saturated carbocycles. The molecule has 0 radical (unpaired) electrons. The fourth-order valence-corrected chi connectivity index (χ4v) is 2.76. The summed E-state index contributed by atoms with van der Waals surface area (Å²) in [5.74, 6) is -0.343. The standard InChI is InChI=1S/C19H23FN2O2/c1-13-9-15(11-16(20)10-13)17(12-21)14-5-7-22(8-6-14)18(23)24-19(2,3)4/h9-11H,5-8H2,1-4H3. The van der Waals surface area contributed by atoms with E-state index in [4.69, 9.17) is 4.74 Å². The Morgan fingerprint density at radius 1 is 1.25 bits per heavy atom. The minimum atomic E-state index is -0.524. The van der Waals surface area contributed by atoms with Gasteiger partial charge in [0.05, 0.1) is 11.6 Å². The van der Waals surface area contributed by atoms with Crippen LogP contribution in [0.1, 0.15) is 44.7 Å². The van der Waals surface area contributed by atoms with Gasteiger partial charge >= 0.3 is 6.09 Å². The van der Waals surface area contributed by atoms with Crippen LogP contribution in [0, 0.1) is 24.1 Å². The van der Waals surface area contributed by atoms with Crippen molar-refractivity contribution in [3.63, 3.8) is 0 Å². The molecule has 4 nitrogen and oxygen atoms in total. The molecule has 1 aromatic carbocycles. The first-order chi connectivity index (χ1) is 11.2. The number of rotatable bonds is 1. The van der Waals surface area contributed by atoms with Crippen LogP contribution in [0.25, 0.3) is 5.57 Å². The van der Waals surface area contributed by atoms with Crippen LogP contribution < -0.4 is 0 Å². The topological polar surface area (TPSA) is 53.3 Å². The van der Waals surface area contributed by atoms with Crippen LogP contribution in [0.3, 0.4) is 0 Å². The number of nitrogens with zero attached hydrogens (tertiary/aromatic N) is 2. The predicted molar refractivity (Wildman–Crippen MR) is 90.7 cm³/mol. The Morgan fingerprint density at radius 2 is 1.88 bits per heavy atom. The quantitative estimate of drug-likeness (QED) is 0.715. The number of hydrogen-bond acceptors (Lipinski definition) is 3. The molecule has 1 aliphatic heterocycles. The maximum Gasteiger partial charge on any atom is 0.410 e. The van der Waals surface area contributed by atoms with E-state index < -0.39 is 5.60 Å². The highest BCUT2D eigenvalue weighted by Crippen LogP contribution is 2.28. The van der Waals surface area contributed by atoms with Crippen molar-refractivity contribution in [3.8, 4) is 6.07 Å². The summed E-state index contributed by atoms with van der Waals surface area (Å²) in [5.41, 5.74) is 2.34. The predicted octanol–water partition coefficient (Wildman–Crippen LogP) is 4.44. The van der Waals surface area contributed by atoms with Gasteiger partial charge in [-0.1, -0.05) is 6.07 Å². The van der Waals surface area contributed by atoms with Gasteiger partial charge in [0.1, 0.15) is 11.4 Å². The molecule has 1 aromatic rings. The van der Waals surface area contributed by atoms with Gasteiger partial charge in [0, 0.05) is 13.1 Å². The second-order valence-corrected chi connectivity index (χ2v) is 7.08. The molecular formula is C19H23FN2O2. The molecule has 128 valence electrons. The maximum absolute atomic E-state index is 13.6. The minimum absolute atomic E-state index is 0.332. The number of aryl methyl sites for hydroxylation is 1. The molecule has 0 aromatic heterocycles. The Morgan fingerprint density at radius 3 is 2.38 bits per heavy atom. The number of hydrogen-bond donors (Lipinski definition) is 0. The van der Waals surface area contributed by atoms with Crippen LogP contribution in [0.4, 0.5) is 9.18 Å². The first kappa shape index (κ1) is 18.0. The zero-order chi connectivity index (χ0) is 17.9. The number of ether oxygens (including phenoxy) is 1. The third-order valence-corrected chi connectivity index (χ3v) is 3.81. The van der Waals surface area contributed by atoms with Crippen LogP contribution in [0.5, 0.6) is 0 Å². The van der Waals surface area contributed by atoms with Gasteiger partial charge in [-0.3, -0.25) is 0 Å². The van der Waals surface area contributed by atoms with Crippen LogP contribution >= 0.6 is 0 Å². The largest absolute Gasteiger partial charge is 0.444 e. The number of allylic oxidation sites excluding steroid dienone is 1. The molecule has 1 fully saturated rings. The summed E-state index contributed by atoms with van der Waals surface area (Å²) in [4.78, 5) is 13.7. The average Bonchev–Trinajstić information content (AvgIpc) is 2.46. The van der Waals surface area contributed by atoms with E-state index in [1.807, 2.05) is 26.8 Å². The molecule has 0 spiro atoms. The van der Waals surface area contributed by atoms with E-state index in [1.165, 1.54) is 12.1 Å². The van der Waals surface area contributed by atoms with Crippen LogP contribution in [-0.2, 0) is 4.74 Å². The van der Waals surface area contributed by atoms with E-state index in [0.29, 0.717) is 37.1 Å². The number of amides is 1. The maximum atomic E-state index is 13.6. The Bertz CT molecular complexity index is 681. The molecule has 1 heterocycles. The van der Waals surface area contributed by atoms with Crippen LogP contribution in [-0.4, -0.2) is 29.7 Å². The number of halogens is 1.